The Labute approximate surface area is 162 Å². The molecule has 2 heterocycles. The van der Waals surface area contributed by atoms with E-state index >= 15 is 0 Å². The Bertz CT molecular complexity index is 845. The molecule has 1 saturated carbocycles. The summed E-state index contributed by atoms with van der Waals surface area (Å²) in [5.74, 6) is -0.585. The first kappa shape index (κ1) is 19.7. The fourth-order valence-electron chi connectivity index (χ4n) is 3.26. The van der Waals surface area contributed by atoms with E-state index in [0.717, 1.165) is 0 Å². The second-order valence-electron chi connectivity index (χ2n) is 6.76. The maximum absolute atomic E-state index is 12.6. The molecule has 9 nitrogen and oxygen atoms in total. The number of nitrogens with zero attached hydrogens (tertiary/aromatic N) is 3. The molecule has 0 spiro atoms. The van der Waals surface area contributed by atoms with Crippen LogP contribution in [0.25, 0.3) is 0 Å². The molecule has 3 rings (SSSR count). The third-order valence-corrected chi connectivity index (χ3v) is 4.75. The number of aromatic nitrogens is 3. The second-order valence-corrected chi connectivity index (χ2v) is 6.76. The molecule has 3 atom stereocenters. The van der Waals surface area contributed by atoms with Crippen molar-refractivity contribution < 1.29 is 19.4 Å². The predicted octanol–water partition coefficient (Wildman–Crippen LogP) is 0.374. The number of aliphatic hydroxyl groups is 1. The summed E-state index contributed by atoms with van der Waals surface area (Å²) in [5.41, 5.74) is 1.68. The number of rotatable bonds is 6. The van der Waals surface area contributed by atoms with Crippen LogP contribution in [0, 0.1) is 12.8 Å². The second kappa shape index (κ2) is 8.75. The minimum absolute atomic E-state index is 0.182. The van der Waals surface area contributed by atoms with Crippen molar-refractivity contribution in [1.29, 1.82) is 0 Å². The lowest BCUT2D eigenvalue weighted by molar-refractivity contribution is -0.125. The third-order valence-electron chi connectivity index (χ3n) is 4.75. The number of aryl methyl sites for hydroxylation is 1. The van der Waals surface area contributed by atoms with E-state index in [9.17, 15) is 14.7 Å². The topological polar surface area (TPSA) is 126 Å². The van der Waals surface area contributed by atoms with Gasteiger partial charge in [0.2, 0.25) is 5.91 Å². The number of hydrogen-bond acceptors (Lipinski definition) is 7. The average molecular weight is 385 g/mol. The number of hydrogen-bond donors (Lipinski definition) is 3. The monoisotopic (exact) mass is 385 g/mol. The number of carbonyl (C=O) groups excluding carboxylic acids is 2. The molecule has 0 aromatic carbocycles. The van der Waals surface area contributed by atoms with Crippen molar-refractivity contribution in [3.8, 4) is 5.75 Å². The number of methoxy groups -OCH3 is 1. The van der Waals surface area contributed by atoms with Crippen LogP contribution < -0.4 is 15.4 Å². The molecule has 2 aromatic rings. The summed E-state index contributed by atoms with van der Waals surface area (Å²) in [4.78, 5) is 37.2. The summed E-state index contributed by atoms with van der Waals surface area (Å²) in [6.07, 6.45) is 6.02. The van der Waals surface area contributed by atoms with Gasteiger partial charge in [-0.25, -0.2) is 0 Å². The number of amides is 2. The molecular weight excluding hydrogens is 362 g/mol. The van der Waals surface area contributed by atoms with Crippen LogP contribution in [0.4, 0.5) is 0 Å². The van der Waals surface area contributed by atoms with Crippen molar-refractivity contribution >= 4 is 11.8 Å². The Morgan fingerprint density at radius 2 is 2.07 bits per heavy atom. The van der Waals surface area contributed by atoms with Crippen LogP contribution in [-0.2, 0) is 11.3 Å². The van der Waals surface area contributed by atoms with Crippen LogP contribution in [0.3, 0.4) is 0 Å². The molecule has 1 fully saturated rings. The lowest BCUT2D eigenvalue weighted by Crippen LogP contribution is -2.40. The van der Waals surface area contributed by atoms with Gasteiger partial charge in [0, 0.05) is 24.0 Å². The van der Waals surface area contributed by atoms with Gasteiger partial charge in [-0.05, 0) is 25.8 Å². The van der Waals surface area contributed by atoms with E-state index < -0.39 is 18.1 Å². The van der Waals surface area contributed by atoms with Crippen LogP contribution in [-0.4, -0.2) is 51.1 Å². The SMILES string of the molecule is COc1cnc(C)cc1C(=O)N[C@@H]1C[C@H](C(=O)NCc2cnccn2)C[C@H]1O. The number of aliphatic hydroxyl groups excluding tert-OH is 1. The Morgan fingerprint density at radius 1 is 1.25 bits per heavy atom. The third kappa shape index (κ3) is 4.61. The normalized spacial score (nSPS) is 21.2. The smallest absolute Gasteiger partial charge is 0.255 e. The summed E-state index contributed by atoms with van der Waals surface area (Å²) >= 11 is 0. The average Bonchev–Trinajstić information content (AvgIpc) is 3.07. The highest BCUT2D eigenvalue weighted by atomic mass is 16.5. The molecule has 3 N–H and O–H groups in total. The lowest BCUT2D eigenvalue weighted by atomic mass is 10.1. The first-order valence-corrected chi connectivity index (χ1v) is 9.00. The molecule has 0 saturated heterocycles. The molecular formula is C19H23N5O4. The van der Waals surface area contributed by atoms with Gasteiger partial charge in [-0.3, -0.25) is 24.5 Å². The molecule has 9 heteroatoms. The molecule has 0 unspecified atom stereocenters. The minimum Gasteiger partial charge on any atom is -0.494 e. The Hall–Kier alpha value is -3.07. The fourth-order valence-corrected chi connectivity index (χ4v) is 3.26. The predicted molar refractivity (Wildman–Crippen MR) is 99.4 cm³/mol. The van der Waals surface area contributed by atoms with Crippen molar-refractivity contribution in [2.75, 3.05) is 7.11 Å². The molecule has 1 aliphatic carbocycles. The van der Waals surface area contributed by atoms with Crippen LogP contribution in [0.5, 0.6) is 5.75 Å². The molecule has 148 valence electrons. The quantitative estimate of drug-likeness (QED) is 0.656. The highest BCUT2D eigenvalue weighted by Gasteiger charge is 2.38. The van der Waals surface area contributed by atoms with Gasteiger partial charge >= 0.3 is 0 Å². The molecule has 1 aliphatic rings. The van der Waals surface area contributed by atoms with E-state index in [0.29, 0.717) is 29.1 Å². The van der Waals surface area contributed by atoms with Crippen LogP contribution in [0.1, 0.15) is 34.6 Å². The van der Waals surface area contributed by atoms with Gasteiger partial charge in [-0.1, -0.05) is 0 Å². The van der Waals surface area contributed by atoms with Crippen molar-refractivity contribution in [3.05, 3.63) is 47.8 Å². The Kier molecular flexibility index (Phi) is 6.15. The van der Waals surface area contributed by atoms with Gasteiger partial charge in [0.25, 0.3) is 5.91 Å². The maximum Gasteiger partial charge on any atom is 0.255 e. The highest BCUT2D eigenvalue weighted by molar-refractivity contribution is 5.97. The van der Waals surface area contributed by atoms with Crippen molar-refractivity contribution in [3.63, 3.8) is 0 Å². The lowest BCUT2D eigenvalue weighted by Gasteiger charge is -2.17. The number of ether oxygens (including phenoxy) is 1. The first-order chi connectivity index (χ1) is 13.5. The standard InChI is InChI=1S/C19H23N5O4/c1-11-5-14(17(28-2)10-22-11)19(27)24-15-6-12(7-16(15)25)18(26)23-9-13-8-20-3-4-21-13/h3-5,8,10,12,15-16,25H,6-7,9H2,1-2H3,(H,23,26)(H,24,27)/t12-,15+,16+/m0/s1. The molecule has 0 aliphatic heterocycles. The summed E-state index contributed by atoms with van der Waals surface area (Å²) in [6, 6.07) is 1.11. The zero-order chi connectivity index (χ0) is 20.1. The molecule has 0 radical (unpaired) electrons. The maximum atomic E-state index is 12.6. The van der Waals surface area contributed by atoms with Crippen molar-refractivity contribution in [2.45, 2.75) is 38.5 Å². The molecule has 2 aromatic heterocycles. The number of nitrogens with one attached hydrogen (secondary N) is 2. The van der Waals surface area contributed by atoms with E-state index in [-0.39, 0.29) is 24.8 Å². The zero-order valence-corrected chi connectivity index (χ0v) is 15.8. The van der Waals surface area contributed by atoms with Gasteiger partial charge in [-0.2, -0.15) is 0 Å². The van der Waals surface area contributed by atoms with Crippen LogP contribution >= 0.6 is 0 Å². The molecule has 0 bridgehead atoms. The van der Waals surface area contributed by atoms with Gasteiger partial charge in [-0.15, -0.1) is 0 Å². The Balaban J connectivity index is 1.58. The summed E-state index contributed by atoms with van der Waals surface area (Å²) in [5, 5.41) is 15.9. The van der Waals surface area contributed by atoms with Gasteiger partial charge in [0.1, 0.15) is 5.75 Å². The fraction of sp³-hybridized carbons (Fsp3) is 0.421. The first-order valence-electron chi connectivity index (χ1n) is 9.00. The van der Waals surface area contributed by atoms with E-state index in [1.807, 2.05) is 0 Å². The van der Waals surface area contributed by atoms with Gasteiger partial charge in [0.15, 0.2) is 0 Å². The summed E-state index contributed by atoms with van der Waals surface area (Å²) in [6.45, 7) is 2.04. The highest BCUT2D eigenvalue weighted by Crippen LogP contribution is 2.27. The zero-order valence-electron chi connectivity index (χ0n) is 15.8. The minimum atomic E-state index is -0.801. The van der Waals surface area contributed by atoms with E-state index in [1.54, 1.807) is 31.6 Å². The van der Waals surface area contributed by atoms with Gasteiger partial charge in [0.05, 0.1) is 49.5 Å². The van der Waals surface area contributed by atoms with E-state index in [1.165, 1.54) is 13.3 Å². The Morgan fingerprint density at radius 3 is 2.79 bits per heavy atom. The van der Waals surface area contributed by atoms with Crippen LogP contribution in [0.15, 0.2) is 30.9 Å². The summed E-state index contributed by atoms with van der Waals surface area (Å²) in [7, 11) is 1.46. The molecule has 28 heavy (non-hydrogen) atoms. The number of carbonyl (C=O) groups is 2. The van der Waals surface area contributed by atoms with Crippen molar-refractivity contribution in [2.24, 2.45) is 5.92 Å². The van der Waals surface area contributed by atoms with Crippen molar-refractivity contribution in [1.82, 2.24) is 25.6 Å². The van der Waals surface area contributed by atoms with Gasteiger partial charge < -0.3 is 20.5 Å². The largest absolute Gasteiger partial charge is 0.494 e. The van der Waals surface area contributed by atoms with E-state index in [4.69, 9.17) is 4.74 Å². The number of pyridine rings is 1. The summed E-state index contributed by atoms with van der Waals surface area (Å²) < 4.78 is 5.19. The molecule has 2 amide bonds. The van der Waals surface area contributed by atoms with Crippen LogP contribution in [0.2, 0.25) is 0 Å². The van der Waals surface area contributed by atoms with E-state index in [2.05, 4.69) is 25.6 Å².